The predicted molar refractivity (Wildman–Crippen MR) is 104 cm³/mol. The molecular formula is C19H20N4O2S. The minimum atomic E-state index is -0.182. The number of aromatic amines is 1. The highest BCUT2D eigenvalue weighted by molar-refractivity contribution is 7.99. The number of nitrogens with one attached hydrogen (secondary N) is 1. The molecule has 0 aliphatic heterocycles. The van der Waals surface area contributed by atoms with Crippen molar-refractivity contribution in [3.63, 3.8) is 0 Å². The van der Waals surface area contributed by atoms with Gasteiger partial charge in [0, 0.05) is 18.5 Å². The van der Waals surface area contributed by atoms with Gasteiger partial charge in [-0.05, 0) is 31.2 Å². The normalized spacial score (nSPS) is 10.8. The zero-order valence-electron chi connectivity index (χ0n) is 14.5. The Bertz CT molecular complexity index is 943. The van der Waals surface area contributed by atoms with Crippen molar-refractivity contribution in [1.82, 2.24) is 19.9 Å². The summed E-state index contributed by atoms with van der Waals surface area (Å²) in [5.74, 6) is 1.57. The summed E-state index contributed by atoms with van der Waals surface area (Å²) in [6.45, 7) is 2.76. The predicted octanol–water partition coefficient (Wildman–Crippen LogP) is 2.60. The number of fused-ring (bicyclic) bond motifs is 1. The second-order valence-electron chi connectivity index (χ2n) is 5.75. The molecule has 0 radical (unpaired) electrons. The van der Waals surface area contributed by atoms with E-state index >= 15 is 0 Å². The monoisotopic (exact) mass is 368 g/mol. The van der Waals surface area contributed by atoms with Crippen molar-refractivity contribution < 1.29 is 4.79 Å². The average molecular weight is 368 g/mol. The number of pyridine rings is 1. The maximum absolute atomic E-state index is 12.5. The summed E-state index contributed by atoms with van der Waals surface area (Å²) in [5, 5.41) is 0.552. The molecule has 134 valence electrons. The zero-order valence-corrected chi connectivity index (χ0v) is 15.3. The molecule has 0 aliphatic rings. The Labute approximate surface area is 155 Å². The van der Waals surface area contributed by atoms with E-state index in [0.717, 1.165) is 5.69 Å². The van der Waals surface area contributed by atoms with Gasteiger partial charge in [0.05, 0.1) is 28.9 Å². The molecule has 0 atom stereocenters. The van der Waals surface area contributed by atoms with Gasteiger partial charge >= 0.3 is 0 Å². The van der Waals surface area contributed by atoms with E-state index in [4.69, 9.17) is 0 Å². The number of benzene rings is 1. The molecule has 0 unspecified atom stereocenters. The fourth-order valence-corrected chi connectivity index (χ4v) is 3.42. The Kier molecular flexibility index (Phi) is 6.01. The standard InChI is InChI=1S/C19H20N4O2S/c1-2-23(18(24)13-26-12-14-7-5-6-10-20-14)11-17-21-16-9-4-3-8-15(16)19(25)22-17/h3-10H,2,11-13H2,1H3,(H,21,22,25). The molecule has 2 aromatic heterocycles. The van der Waals surface area contributed by atoms with E-state index in [1.165, 1.54) is 11.8 Å². The van der Waals surface area contributed by atoms with Crippen LogP contribution in [0.15, 0.2) is 53.5 Å². The van der Waals surface area contributed by atoms with Crippen LogP contribution in [0.25, 0.3) is 10.9 Å². The van der Waals surface area contributed by atoms with E-state index in [1.54, 1.807) is 29.3 Å². The molecule has 0 fully saturated rings. The maximum Gasteiger partial charge on any atom is 0.258 e. The van der Waals surface area contributed by atoms with Crippen molar-refractivity contribution >= 4 is 28.6 Å². The molecule has 7 heteroatoms. The lowest BCUT2D eigenvalue weighted by Crippen LogP contribution is -2.33. The van der Waals surface area contributed by atoms with Crippen LogP contribution in [0.2, 0.25) is 0 Å². The van der Waals surface area contributed by atoms with Gasteiger partial charge in [0.2, 0.25) is 5.91 Å². The minimum Gasteiger partial charge on any atom is -0.335 e. The topological polar surface area (TPSA) is 79.0 Å². The van der Waals surface area contributed by atoms with Crippen LogP contribution in [-0.4, -0.2) is 38.1 Å². The molecule has 1 N–H and O–H groups in total. The highest BCUT2D eigenvalue weighted by Gasteiger charge is 2.14. The van der Waals surface area contributed by atoms with Crippen molar-refractivity contribution in [2.24, 2.45) is 0 Å². The van der Waals surface area contributed by atoms with Crippen molar-refractivity contribution in [2.75, 3.05) is 12.3 Å². The molecular weight excluding hydrogens is 348 g/mol. The largest absolute Gasteiger partial charge is 0.335 e. The van der Waals surface area contributed by atoms with Gasteiger partial charge in [-0.15, -0.1) is 11.8 Å². The summed E-state index contributed by atoms with van der Waals surface area (Å²) < 4.78 is 0. The molecule has 0 aliphatic carbocycles. The Morgan fingerprint density at radius 3 is 2.77 bits per heavy atom. The first-order valence-electron chi connectivity index (χ1n) is 8.40. The van der Waals surface area contributed by atoms with Crippen LogP contribution in [0.5, 0.6) is 0 Å². The number of nitrogens with zero attached hydrogens (tertiary/aromatic N) is 3. The highest BCUT2D eigenvalue weighted by Crippen LogP contribution is 2.12. The SMILES string of the molecule is CCN(Cc1nc2ccccc2c(=O)[nH]1)C(=O)CSCc1ccccn1. The summed E-state index contributed by atoms with van der Waals surface area (Å²) in [4.78, 5) is 37.8. The third-order valence-electron chi connectivity index (χ3n) is 3.94. The first kappa shape index (κ1) is 18.1. The number of carbonyl (C=O) groups excluding carboxylic acids is 1. The molecule has 26 heavy (non-hydrogen) atoms. The first-order chi connectivity index (χ1) is 12.7. The van der Waals surface area contributed by atoms with Gasteiger partial charge < -0.3 is 9.88 Å². The Morgan fingerprint density at radius 1 is 1.19 bits per heavy atom. The van der Waals surface area contributed by atoms with Crippen LogP contribution < -0.4 is 5.56 Å². The quantitative estimate of drug-likeness (QED) is 0.693. The highest BCUT2D eigenvalue weighted by atomic mass is 32.2. The maximum atomic E-state index is 12.5. The van der Waals surface area contributed by atoms with Gasteiger partial charge in [0.25, 0.3) is 5.56 Å². The number of hydrogen-bond donors (Lipinski definition) is 1. The number of para-hydroxylation sites is 1. The average Bonchev–Trinajstić information content (AvgIpc) is 2.67. The second-order valence-corrected chi connectivity index (χ2v) is 6.74. The molecule has 2 heterocycles. The smallest absolute Gasteiger partial charge is 0.258 e. The number of hydrogen-bond acceptors (Lipinski definition) is 5. The number of carbonyl (C=O) groups is 1. The minimum absolute atomic E-state index is 0.0178. The van der Waals surface area contributed by atoms with Crippen LogP contribution in [0.4, 0.5) is 0 Å². The number of aromatic nitrogens is 3. The van der Waals surface area contributed by atoms with Gasteiger partial charge in [-0.1, -0.05) is 18.2 Å². The molecule has 6 nitrogen and oxygen atoms in total. The van der Waals surface area contributed by atoms with Gasteiger partial charge in [-0.3, -0.25) is 14.6 Å². The summed E-state index contributed by atoms with van der Waals surface area (Å²) in [5.41, 5.74) is 1.41. The van der Waals surface area contributed by atoms with Gasteiger partial charge in [0.1, 0.15) is 5.82 Å². The van der Waals surface area contributed by atoms with Crippen molar-refractivity contribution in [2.45, 2.75) is 19.2 Å². The van der Waals surface area contributed by atoms with Crippen LogP contribution in [0, 0.1) is 0 Å². The number of H-pyrrole nitrogens is 1. The van der Waals surface area contributed by atoms with Crippen LogP contribution in [-0.2, 0) is 17.1 Å². The summed E-state index contributed by atoms with van der Waals surface area (Å²) >= 11 is 1.53. The molecule has 3 aromatic rings. The van der Waals surface area contributed by atoms with Crippen LogP contribution in [0.1, 0.15) is 18.4 Å². The van der Waals surface area contributed by atoms with E-state index < -0.39 is 0 Å². The molecule has 0 bridgehead atoms. The molecule has 1 amide bonds. The summed E-state index contributed by atoms with van der Waals surface area (Å²) in [6.07, 6.45) is 1.75. The third kappa shape index (κ3) is 4.49. The molecule has 0 saturated heterocycles. The van der Waals surface area contributed by atoms with Crippen LogP contribution >= 0.6 is 11.8 Å². The lowest BCUT2D eigenvalue weighted by molar-refractivity contribution is -0.128. The van der Waals surface area contributed by atoms with Gasteiger partial charge in [0.15, 0.2) is 0 Å². The van der Waals surface area contributed by atoms with Gasteiger partial charge in [-0.2, -0.15) is 0 Å². The molecule has 3 rings (SSSR count). The van der Waals surface area contributed by atoms with Crippen molar-refractivity contribution in [1.29, 1.82) is 0 Å². The number of amides is 1. The fraction of sp³-hybridized carbons (Fsp3) is 0.263. The van der Waals surface area contributed by atoms with E-state index in [-0.39, 0.29) is 11.5 Å². The number of thioether (sulfide) groups is 1. The number of rotatable bonds is 7. The van der Waals surface area contributed by atoms with E-state index in [9.17, 15) is 9.59 Å². The van der Waals surface area contributed by atoms with E-state index in [1.807, 2.05) is 31.2 Å². The Balaban J connectivity index is 1.63. The lowest BCUT2D eigenvalue weighted by Gasteiger charge is -2.20. The zero-order chi connectivity index (χ0) is 18.4. The molecule has 0 saturated carbocycles. The van der Waals surface area contributed by atoms with Crippen molar-refractivity contribution in [3.05, 3.63) is 70.5 Å². The third-order valence-corrected chi connectivity index (χ3v) is 4.89. The fourth-order valence-electron chi connectivity index (χ4n) is 2.58. The molecule has 0 spiro atoms. The molecule has 1 aromatic carbocycles. The Hall–Kier alpha value is -2.67. The second kappa shape index (κ2) is 8.62. The van der Waals surface area contributed by atoms with Gasteiger partial charge in [-0.25, -0.2) is 4.98 Å². The van der Waals surface area contributed by atoms with Crippen molar-refractivity contribution in [3.8, 4) is 0 Å². The Morgan fingerprint density at radius 2 is 2.00 bits per heavy atom. The van der Waals surface area contributed by atoms with E-state index in [0.29, 0.717) is 41.3 Å². The summed E-state index contributed by atoms with van der Waals surface area (Å²) in [6, 6.07) is 12.9. The first-order valence-corrected chi connectivity index (χ1v) is 9.56. The summed E-state index contributed by atoms with van der Waals surface area (Å²) in [7, 11) is 0. The van der Waals surface area contributed by atoms with Crippen LogP contribution in [0.3, 0.4) is 0 Å². The van der Waals surface area contributed by atoms with E-state index in [2.05, 4.69) is 15.0 Å². The lowest BCUT2D eigenvalue weighted by atomic mass is 10.2.